The van der Waals surface area contributed by atoms with Gasteiger partial charge >= 0.3 is 0 Å². The van der Waals surface area contributed by atoms with E-state index in [2.05, 4.69) is 46.3 Å². The molecule has 1 aliphatic rings. The van der Waals surface area contributed by atoms with Crippen LogP contribution in [-0.2, 0) is 17.9 Å². The highest BCUT2D eigenvalue weighted by molar-refractivity contribution is 7.90. The highest BCUT2D eigenvalue weighted by Crippen LogP contribution is 2.25. The van der Waals surface area contributed by atoms with Crippen LogP contribution in [0.2, 0.25) is 0 Å². The van der Waals surface area contributed by atoms with Gasteiger partial charge in [-0.2, -0.15) is 0 Å². The molecule has 1 unspecified atom stereocenters. The average molecular weight is 341 g/mol. The summed E-state index contributed by atoms with van der Waals surface area (Å²) in [7, 11) is 2.18. The van der Waals surface area contributed by atoms with Gasteiger partial charge in [0, 0.05) is 30.6 Å². The topological polar surface area (TPSA) is 56.1 Å². The van der Waals surface area contributed by atoms with E-state index >= 15 is 0 Å². The first-order chi connectivity index (χ1) is 10.7. The molecule has 1 saturated heterocycles. The van der Waals surface area contributed by atoms with Crippen molar-refractivity contribution in [3.8, 4) is 0 Å². The van der Waals surface area contributed by atoms with Crippen LogP contribution in [0.3, 0.4) is 0 Å². The number of nitrogens with one attached hydrogen (secondary N) is 1. The van der Waals surface area contributed by atoms with Crippen molar-refractivity contribution in [1.82, 2.24) is 19.2 Å². The molecule has 1 aromatic rings. The summed E-state index contributed by atoms with van der Waals surface area (Å²) in [6.45, 7) is 13.6. The number of aromatic nitrogens is 2. The standard InChI is InChI=1S/C17H32N4OS/c1-13(2)16(19-23(22)17(3,4)5)15-11-21(12-18-15)10-14-7-8-20(6)9-14/h11-14,16,19H,7-10H2,1-6H3/t14?,16-,23-/m1/s1. The Hall–Kier alpha value is -0.560. The predicted octanol–water partition coefficient (Wildman–Crippen LogP) is 2.58. The number of rotatable bonds is 6. The third kappa shape index (κ3) is 5.21. The third-order valence-corrected chi connectivity index (χ3v) is 5.97. The number of hydrogen-bond donors (Lipinski definition) is 1. The molecule has 0 aliphatic carbocycles. The minimum Gasteiger partial charge on any atom is -0.598 e. The van der Waals surface area contributed by atoms with Gasteiger partial charge in [0.1, 0.15) is 4.75 Å². The molecule has 6 heteroatoms. The normalized spacial score (nSPS) is 22.7. The quantitative estimate of drug-likeness (QED) is 0.809. The van der Waals surface area contributed by atoms with Crippen LogP contribution < -0.4 is 4.72 Å². The van der Waals surface area contributed by atoms with Gasteiger partial charge < -0.3 is 14.0 Å². The minimum absolute atomic E-state index is 0.0163. The van der Waals surface area contributed by atoms with E-state index in [1.807, 2.05) is 27.1 Å². The van der Waals surface area contributed by atoms with Crippen LogP contribution in [0, 0.1) is 11.8 Å². The van der Waals surface area contributed by atoms with Gasteiger partial charge in [-0.3, -0.25) is 0 Å². The number of likely N-dealkylation sites (tertiary alicyclic amines) is 1. The van der Waals surface area contributed by atoms with Crippen molar-refractivity contribution in [2.75, 3.05) is 20.1 Å². The number of hydrogen-bond acceptors (Lipinski definition) is 4. The second-order valence-electron chi connectivity index (χ2n) is 8.13. The average Bonchev–Trinajstić information content (AvgIpc) is 3.04. The Balaban J connectivity index is 2.03. The van der Waals surface area contributed by atoms with E-state index in [9.17, 15) is 4.55 Å². The summed E-state index contributed by atoms with van der Waals surface area (Å²) in [4.78, 5) is 6.97. The van der Waals surface area contributed by atoms with E-state index in [1.54, 1.807) is 0 Å². The Labute approximate surface area is 144 Å². The SMILES string of the molecule is CC(C)[C@@H](N[S@+]([O-])C(C)(C)C)c1cn(CC2CCN(C)C2)cn1. The molecule has 1 aromatic heterocycles. The van der Waals surface area contributed by atoms with E-state index in [0.29, 0.717) is 11.8 Å². The molecule has 0 aromatic carbocycles. The summed E-state index contributed by atoms with van der Waals surface area (Å²) in [5.41, 5.74) is 0.990. The molecule has 0 radical (unpaired) electrons. The predicted molar refractivity (Wildman–Crippen MR) is 96.4 cm³/mol. The Kier molecular flexibility index (Phi) is 6.16. The third-order valence-electron chi connectivity index (χ3n) is 4.39. The molecule has 1 fully saturated rings. The van der Waals surface area contributed by atoms with Crippen molar-refractivity contribution in [3.63, 3.8) is 0 Å². The lowest BCUT2D eigenvalue weighted by Crippen LogP contribution is -2.42. The van der Waals surface area contributed by atoms with Crippen LogP contribution in [0.5, 0.6) is 0 Å². The highest BCUT2D eigenvalue weighted by Gasteiger charge is 2.32. The number of imidazole rings is 1. The van der Waals surface area contributed by atoms with Gasteiger partial charge in [-0.1, -0.05) is 13.8 Å². The second-order valence-corrected chi connectivity index (χ2v) is 10.1. The first kappa shape index (κ1) is 18.8. The molecule has 3 atom stereocenters. The van der Waals surface area contributed by atoms with Crippen LogP contribution in [0.4, 0.5) is 0 Å². The summed E-state index contributed by atoms with van der Waals surface area (Å²) < 4.78 is 17.6. The Morgan fingerprint density at radius 3 is 2.65 bits per heavy atom. The molecular formula is C17H32N4OS. The van der Waals surface area contributed by atoms with Crippen LogP contribution in [0.15, 0.2) is 12.5 Å². The molecule has 2 heterocycles. The zero-order valence-corrected chi connectivity index (χ0v) is 16.2. The Bertz CT molecular complexity index is 497. The molecule has 0 spiro atoms. The van der Waals surface area contributed by atoms with Crippen molar-refractivity contribution in [2.24, 2.45) is 11.8 Å². The lowest BCUT2D eigenvalue weighted by molar-refractivity contribution is 0.377. The van der Waals surface area contributed by atoms with Crippen LogP contribution in [0.1, 0.15) is 52.8 Å². The molecule has 0 saturated carbocycles. The fourth-order valence-electron chi connectivity index (χ4n) is 2.94. The molecule has 1 N–H and O–H groups in total. The van der Waals surface area contributed by atoms with Crippen LogP contribution in [0.25, 0.3) is 0 Å². The molecule has 132 valence electrons. The van der Waals surface area contributed by atoms with Crippen molar-refractivity contribution in [3.05, 3.63) is 18.2 Å². The molecule has 1 aliphatic heterocycles. The van der Waals surface area contributed by atoms with E-state index in [-0.39, 0.29) is 10.8 Å². The highest BCUT2D eigenvalue weighted by atomic mass is 32.2. The first-order valence-corrected chi connectivity index (χ1v) is 9.70. The van der Waals surface area contributed by atoms with Gasteiger partial charge in [-0.25, -0.2) is 4.98 Å². The molecular weight excluding hydrogens is 308 g/mol. The molecule has 2 rings (SSSR count). The van der Waals surface area contributed by atoms with Gasteiger partial charge in [-0.15, -0.1) is 4.72 Å². The maximum atomic E-state index is 12.4. The summed E-state index contributed by atoms with van der Waals surface area (Å²) in [6, 6.07) is 0.0163. The summed E-state index contributed by atoms with van der Waals surface area (Å²) in [5.74, 6) is 1.04. The number of nitrogens with zero attached hydrogens (tertiary/aromatic N) is 3. The minimum atomic E-state index is -1.09. The second kappa shape index (κ2) is 7.55. The fourth-order valence-corrected chi connectivity index (χ4v) is 3.92. The smallest absolute Gasteiger partial charge is 0.136 e. The molecule has 0 bridgehead atoms. The Morgan fingerprint density at radius 2 is 2.13 bits per heavy atom. The van der Waals surface area contributed by atoms with Gasteiger partial charge in [0.2, 0.25) is 0 Å². The van der Waals surface area contributed by atoms with E-state index in [1.165, 1.54) is 13.0 Å². The van der Waals surface area contributed by atoms with Crippen molar-refractivity contribution in [2.45, 2.75) is 58.4 Å². The Morgan fingerprint density at radius 1 is 1.43 bits per heavy atom. The maximum Gasteiger partial charge on any atom is 0.136 e. The fraction of sp³-hybridized carbons (Fsp3) is 0.824. The van der Waals surface area contributed by atoms with Gasteiger partial charge in [0.25, 0.3) is 0 Å². The van der Waals surface area contributed by atoms with Crippen LogP contribution in [-0.4, -0.2) is 43.9 Å². The lowest BCUT2D eigenvalue weighted by Gasteiger charge is -2.28. The van der Waals surface area contributed by atoms with Crippen molar-refractivity contribution < 1.29 is 4.55 Å². The van der Waals surface area contributed by atoms with E-state index in [0.717, 1.165) is 18.8 Å². The zero-order chi connectivity index (χ0) is 17.2. The van der Waals surface area contributed by atoms with Gasteiger partial charge in [0.05, 0.1) is 18.1 Å². The maximum absolute atomic E-state index is 12.4. The summed E-state index contributed by atoms with van der Waals surface area (Å²) in [6.07, 6.45) is 5.30. The van der Waals surface area contributed by atoms with Crippen LogP contribution >= 0.6 is 0 Å². The van der Waals surface area contributed by atoms with Crippen molar-refractivity contribution in [1.29, 1.82) is 0 Å². The molecule has 23 heavy (non-hydrogen) atoms. The molecule has 5 nitrogen and oxygen atoms in total. The zero-order valence-electron chi connectivity index (χ0n) is 15.4. The summed E-state index contributed by atoms with van der Waals surface area (Å²) in [5, 5.41) is 0. The van der Waals surface area contributed by atoms with E-state index in [4.69, 9.17) is 0 Å². The van der Waals surface area contributed by atoms with E-state index < -0.39 is 11.4 Å². The van der Waals surface area contributed by atoms with Crippen molar-refractivity contribution >= 4 is 11.4 Å². The largest absolute Gasteiger partial charge is 0.598 e. The van der Waals surface area contributed by atoms with Gasteiger partial charge in [0.15, 0.2) is 0 Å². The first-order valence-electron chi connectivity index (χ1n) is 8.55. The summed E-state index contributed by atoms with van der Waals surface area (Å²) >= 11 is -1.09. The lowest BCUT2D eigenvalue weighted by atomic mass is 10.0. The molecule has 0 amide bonds. The monoisotopic (exact) mass is 340 g/mol. The van der Waals surface area contributed by atoms with Gasteiger partial charge in [-0.05, 0) is 52.6 Å².